The second kappa shape index (κ2) is 9.75. The van der Waals surface area contributed by atoms with Gasteiger partial charge in [-0.25, -0.2) is 23.2 Å². The van der Waals surface area contributed by atoms with Crippen LogP contribution in [0.3, 0.4) is 0 Å². The lowest BCUT2D eigenvalue weighted by atomic mass is 9.64. The molecule has 1 unspecified atom stereocenters. The molecule has 11 heteroatoms. The maximum Gasteiger partial charge on any atom is 0.245 e. The monoisotopic (exact) mass is 471 g/mol. The predicted octanol–water partition coefficient (Wildman–Crippen LogP) is 2.21. The van der Waals surface area contributed by atoms with Crippen LogP contribution in [0.5, 0.6) is 0 Å². The molecule has 30 heavy (non-hydrogen) atoms. The van der Waals surface area contributed by atoms with Gasteiger partial charge in [-0.2, -0.15) is 0 Å². The molecule has 164 valence electrons. The number of hydrogen-bond donors (Lipinski definition) is 3. The van der Waals surface area contributed by atoms with Crippen LogP contribution >= 0.6 is 23.1 Å². The van der Waals surface area contributed by atoms with Crippen LogP contribution in [0.4, 0.5) is 5.69 Å². The van der Waals surface area contributed by atoms with Crippen LogP contribution in [0.15, 0.2) is 34.8 Å². The third-order valence-corrected chi connectivity index (χ3v) is 8.31. The maximum atomic E-state index is 12.2. The molecule has 0 radical (unpaired) electrons. The minimum Gasteiger partial charge on any atom is -0.396 e. The zero-order chi connectivity index (χ0) is 21.8. The van der Waals surface area contributed by atoms with E-state index in [2.05, 4.69) is 10.4 Å². The molecule has 1 atom stereocenters. The summed E-state index contributed by atoms with van der Waals surface area (Å²) in [5.74, 6) is 0.563. The van der Waals surface area contributed by atoms with Gasteiger partial charge < -0.3 is 10.2 Å². The van der Waals surface area contributed by atoms with Gasteiger partial charge in [0.05, 0.1) is 29.5 Å². The molecule has 3 rings (SSSR count). The smallest absolute Gasteiger partial charge is 0.245 e. The Labute approximate surface area is 184 Å². The Hall–Kier alpha value is -1.50. The first-order valence-corrected chi connectivity index (χ1v) is 13.1. The molecule has 0 aliphatic heterocycles. The number of nitrogens with zero attached hydrogens (tertiary/aromatic N) is 2. The van der Waals surface area contributed by atoms with E-state index in [-0.39, 0.29) is 6.61 Å². The summed E-state index contributed by atoms with van der Waals surface area (Å²) in [7, 11) is -3.57. The van der Waals surface area contributed by atoms with Gasteiger partial charge in [-0.05, 0) is 30.5 Å². The number of thioether (sulfide) groups is 1. The summed E-state index contributed by atoms with van der Waals surface area (Å²) in [6.45, 7) is 0.295. The SMILES string of the molecule is CS(=O)(=O)N(NCCSc1ncc(C=O)s1)c1ccc(C(O)C2(CO)CCC2)cc1. The second-order valence-electron chi connectivity index (χ2n) is 7.30. The van der Waals surface area contributed by atoms with Crippen molar-refractivity contribution in [1.29, 1.82) is 0 Å². The molecule has 1 aliphatic carbocycles. The fraction of sp³-hybridized carbons (Fsp3) is 0.474. The van der Waals surface area contributed by atoms with Gasteiger partial charge in [0, 0.05) is 23.9 Å². The molecule has 0 spiro atoms. The van der Waals surface area contributed by atoms with Gasteiger partial charge in [0.2, 0.25) is 10.0 Å². The average Bonchev–Trinajstić information content (AvgIpc) is 3.15. The van der Waals surface area contributed by atoms with E-state index in [1.165, 1.54) is 29.3 Å². The molecule has 1 heterocycles. The Morgan fingerprint density at radius 2 is 2.07 bits per heavy atom. The van der Waals surface area contributed by atoms with E-state index in [1.54, 1.807) is 24.3 Å². The van der Waals surface area contributed by atoms with Crippen LogP contribution < -0.4 is 9.84 Å². The predicted molar refractivity (Wildman–Crippen MR) is 118 cm³/mol. The van der Waals surface area contributed by atoms with Crippen LogP contribution in [0.25, 0.3) is 0 Å². The van der Waals surface area contributed by atoms with E-state index in [0.29, 0.717) is 28.4 Å². The number of anilines is 1. The van der Waals surface area contributed by atoms with E-state index in [4.69, 9.17) is 0 Å². The van der Waals surface area contributed by atoms with Crippen molar-refractivity contribution in [2.45, 2.75) is 29.7 Å². The Balaban J connectivity index is 1.63. The first-order valence-electron chi connectivity index (χ1n) is 9.45. The third kappa shape index (κ3) is 5.21. The standard InChI is InChI=1S/C19H25N3O5S3/c1-30(26,27)22(21-9-10-28-18-20-11-16(12-23)29-18)15-5-3-14(4-6-15)17(25)19(13-24)7-2-8-19/h3-6,11-12,17,21,24-25H,2,7-10,13H2,1H3. The van der Waals surface area contributed by atoms with Crippen molar-refractivity contribution < 1.29 is 23.4 Å². The van der Waals surface area contributed by atoms with Crippen molar-refractivity contribution in [2.24, 2.45) is 5.41 Å². The molecule has 1 saturated carbocycles. The van der Waals surface area contributed by atoms with Crippen molar-refractivity contribution in [3.63, 3.8) is 0 Å². The molecule has 3 N–H and O–H groups in total. The summed E-state index contributed by atoms with van der Waals surface area (Å²) in [5.41, 5.74) is 3.51. The summed E-state index contributed by atoms with van der Waals surface area (Å²) in [6, 6.07) is 6.67. The molecule has 0 saturated heterocycles. The fourth-order valence-corrected chi connectivity index (χ4v) is 5.93. The van der Waals surface area contributed by atoms with Gasteiger partial charge in [-0.1, -0.05) is 30.3 Å². The largest absolute Gasteiger partial charge is 0.396 e. The van der Waals surface area contributed by atoms with E-state index in [1.807, 2.05) is 0 Å². The first kappa shape index (κ1) is 23.2. The number of benzene rings is 1. The molecule has 1 fully saturated rings. The Bertz CT molecular complexity index is 953. The number of aromatic nitrogens is 1. The Kier molecular flexibility index (Phi) is 7.53. The number of hydrogen-bond acceptors (Lipinski definition) is 9. The van der Waals surface area contributed by atoms with E-state index in [9.17, 15) is 23.4 Å². The molecule has 0 bridgehead atoms. The van der Waals surface area contributed by atoms with Crippen LogP contribution in [0, 0.1) is 5.41 Å². The van der Waals surface area contributed by atoms with Crippen molar-refractivity contribution in [3.8, 4) is 0 Å². The highest BCUT2D eigenvalue weighted by atomic mass is 32.2. The first-order chi connectivity index (χ1) is 14.3. The molecule has 2 aromatic rings. The lowest BCUT2D eigenvalue weighted by Crippen LogP contribution is -2.43. The number of nitrogens with one attached hydrogen (secondary N) is 1. The average molecular weight is 472 g/mol. The molecular weight excluding hydrogens is 446 g/mol. The van der Waals surface area contributed by atoms with Gasteiger partial charge in [-0.15, -0.1) is 11.3 Å². The molecule has 8 nitrogen and oxygen atoms in total. The quantitative estimate of drug-likeness (QED) is 0.197. The van der Waals surface area contributed by atoms with E-state index >= 15 is 0 Å². The normalized spacial score (nSPS) is 16.6. The number of carbonyl (C=O) groups is 1. The number of rotatable bonds is 11. The number of thiazole rings is 1. The van der Waals surface area contributed by atoms with Crippen LogP contribution in [0.2, 0.25) is 0 Å². The summed E-state index contributed by atoms with van der Waals surface area (Å²) in [4.78, 5) is 15.4. The summed E-state index contributed by atoms with van der Waals surface area (Å²) in [5, 5.41) is 20.3. The van der Waals surface area contributed by atoms with Gasteiger partial charge in [0.1, 0.15) is 0 Å². The Morgan fingerprint density at radius 3 is 2.57 bits per heavy atom. The number of aldehydes is 1. The van der Waals surface area contributed by atoms with Gasteiger partial charge in [0.15, 0.2) is 10.6 Å². The van der Waals surface area contributed by atoms with Crippen LogP contribution in [0.1, 0.15) is 40.6 Å². The van der Waals surface area contributed by atoms with Gasteiger partial charge in [0.25, 0.3) is 0 Å². The second-order valence-corrected chi connectivity index (χ2v) is 11.5. The number of aliphatic hydroxyl groups is 2. The van der Waals surface area contributed by atoms with Crippen LogP contribution in [-0.4, -0.2) is 55.1 Å². The highest BCUT2D eigenvalue weighted by Crippen LogP contribution is 2.49. The highest BCUT2D eigenvalue weighted by Gasteiger charge is 2.43. The zero-order valence-corrected chi connectivity index (χ0v) is 19.0. The summed E-state index contributed by atoms with van der Waals surface area (Å²) >= 11 is 2.72. The van der Waals surface area contributed by atoms with Gasteiger partial charge in [-0.3, -0.25) is 4.79 Å². The van der Waals surface area contributed by atoms with E-state index < -0.39 is 21.5 Å². The fourth-order valence-electron chi connectivity index (χ4n) is 3.37. The van der Waals surface area contributed by atoms with Crippen molar-refractivity contribution in [3.05, 3.63) is 40.9 Å². The molecule has 0 amide bonds. The number of hydrazine groups is 1. The topological polar surface area (TPSA) is 120 Å². The van der Waals surface area contributed by atoms with Crippen molar-refractivity contribution in [1.82, 2.24) is 10.4 Å². The lowest BCUT2D eigenvalue weighted by Gasteiger charge is -2.44. The van der Waals surface area contributed by atoms with Crippen molar-refractivity contribution >= 4 is 45.1 Å². The minimum absolute atomic E-state index is 0.0714. The molecule has 1 aromatic heterocycles. The summed E-state index contributed by atoms with van der Waals surface area (Å²) in [6.07, 6.45) is 5.12. The zero-order valence-electron chi connectivity index (χ0n) is 16.5. The Morgan fingerprint density at radius 1 is 1.37 bits per heavy atom. The number of carbonyl (C=O) groups excluding carboxylic acids is 1. The van der Waals surface area contributed by atoms with Crippen LogP contribution in [-0.2, 0) is 10.0 Å². The van der Waals surface area contributed by atoms with E-state index in [0.717, 1.165) is 40.6 Å². The van der Waals surface area contributed by atoms with Crippen molar-refractivity contribution in [2.75, 3.05) is 29.6 Å². The third-order valence-electron chi connectivity index (χ3n) is 5.22. The minimum atomic E-state index is -3.57. The number of aliphatic hydroxyl groups excluding tert-OH is 2. The molecular formula is C19H25N3O5S3. The molecule has 1 aliphatic rings. The maximum absolute atomic E-state index is 12.2. The lowest BCUT2D eigenvalue weighted by molar-refractivity contribution is -0.0734. The highest BCUT2D eigenvalue weighted by molar-refractivity contribution is 8.01. The van der Waals surface area contributed by atoms with Gasteiger partial charge >= 0.3 is 0 Å². The molecule has 1 aromatic carbocycles. The number of sulfonamides is 1. The summed E-state index contributed by atoms with van der Waals surface area (Å²) < 4.78 is 26.3.